The molecule has 7 nitrogen and oxygen atoms in total. The van der Waals surface area contributed by atoms with E-state index in [0.717, 1.165) is 22.5 Å². The van der Waals surface area contributed by atoms with Crippen LogP contribution in [0.3, 0.4) is 0 Å². The van der Waals surface area contributed by atoms with E-state index in [1.807, 2.05) is 43.5 Å². The van der Waals surface area contributed by atoms with Crippen molar-refractivity contribution >= 4 is 34.1 Å². The number of benzene rings is 1. The average Bonchev–Trinajstić information content (AvgIpc) is 3.21. The molecule has 0 saturated heterocycles. The molecule has 31 heavy (non-hydrogen) atoms. The molecule has 3 aromatic rings. The number of carbonyl (C=O) groups excluding carboxylic acids is 1. The van der Waals surface area contributed by atoms with Crippen molar-refractivity contribution in [1.29, 1.82) is 5.26 Å². The molecular weight excluding hydrogens is 432 g/mol. The summed E-state index contributed by atoms with van der Waals surface area (Å²) in [5.74, 6) is 1.64. The summed E-state index contributed by atoms with van der Waals surface area (Å²) in [4.78, 5) is 21.3. The first-order valence-corrected chi connectivity index (χ1v) is 11.3. The Morgan fingerprint density at radius 1 is 1.19 bits per heavy atom. The van der Waals surface area contributed by atoms with Crippen LogP contribution in [0.25, 0.3) is 11.3 Å². The van der Waals surface area contributed by atoms with Gasteiger partial charge in [0, 0.05) is 28.8 Å². The zero-order chi connectivity index (χ0) is 22.4. The van der Waals surface area contributed by atoms with Crippen LogP contribution in [0.15, 0.2) is 34.7 Å². The van der Waals surface area contributed by atoms with E-state index in [2.05, 4.69) is 21.4 Å². The molecule has 0 aliphatic carbocycles. The van der Waals surface area contributed by atoms with Gasteiger partial charge in [0.25, 0.3) is 0 Å². The molecular formula is C22H22N4O3S2. The van der Waals surface area contributed by atoms with Crippen LogP contribution in [0.1, 0.15) is 23.2 Å². The van der Waals surface area contributed by atoms with Gasteiger partial charge in [-0.1, -0.05) is 0 Å². The van der Waals surface area contributed by atoms with Crippen LogP contribution in [0, 0.1) is 25.2 Å². The minimum atomic E-state index is -0.136. The van der Waals surface area contributed by atoms with E-state index in [-0.39, 0.29) is 12.3 Å². The van der Waals surface area contributed by atoms with Crippen LogP contribution in [0.2, 0.25) is 0 Å². The number of rotatable bonds is 8. The van der Waals surface area contributed by atoms with Crippen molar-refractivity contribution in [3.05, 3.63) is 46.5 Å². The highest BCUT2D eigenvalue weighted by atomic mass is 32.2. The number of methoxy groups -OCH3 is 2. The molecule has 0 fully saturated rings. The van der Waals surface area contributed by atoms with Gasteiger partial charge >= 0.3 is 0 Å². The van der Waals surface area contributed by atoms with E-state index < -0.39 is 0 Å². The third-order valence-electron chi connectivity index (χ3n) is 4.42. The van der Waals surface area contributed by atoms with E-state index in [1.54, 1.807) is 14.2 Å². The van der Waals surface area contributed by atoms with Gasteiger partial charge in [-0.15, -0.1) is 23.1 Å². The Kier molecular flexibility index (Phi) is 7.50. The lowest BCUT2D eigenvalue weighted by molar-refractivity contribution is -0.115. The highest BCUT2D eigenvalue weighted by Gasteiger charge is 2.13. The number of nitrogens with zero attached hydrogens (tertiary/aromatic N) is 3. The fourth-order valence-electron chi connectivity index (χ4n) is 2.92. The molecule has 1 amide bonds. The lowest BCUT2D eigenvalue weighted by Gasteiger charge is -2.08. The fourth-order valence-corrected chi connectivity index (χ4v) is 4.70. The number of carbonyl (C=O) groups is 1. The van der Waals surface area contributed by atoms with Gasteiger partial charge in [0.1, 0.15) is 11.1 Å². The van der Waals surface area contributed by atoms with E-state index in [4.69, 9.17) is 9.47 Å². The minimum absolute atomic E-state index is 0.136. The first kappa shape index (κ1) is 22.6. The number of thioether (sulfide) groups is 1. The van der Waals surface area contributed by atoms with Gasteiger partial charge < -0.3 is 14.8 Å². The third-order valence-corrected chi connectivity index (χ3v) is 6.16. The number of thiazole rings is 1. The molecule has 0 unspecified atom stereocenters. The molecule has 2 heterocycles. The summed E-state index contributed by atoms with van der Waals surface area (Å²) < 4.78 is 10.6. The van der Waals surface area contributed by atoms with Crippen molar-refractivity contribution in [2.24, 2.45) is 0 Å². The summed E-state index contributed by atoms with van der Waals surface area (Å²) in [6.07, 6.45) is 0.287. The Morgan fingerprint density at radius 2 is 1.97 bits per heavy atom. The van der Waals surface area contributed by atoms with Gasteiger partial charge in [0.2, 0.25) is 5.91 Å². The topological polar surface area (TPSA) is 97.1 Å². The number of hydrogen-bond acceptors (Lipinski definition) is 8. The highest BCUT2D eigenvalue weighted by molar-refractivity contribution is 7.99. The zero-order valence-electron chi connectivity index (χ0n) is 17.7. The monoisotopic (exact) mass is 454 g/mol. The average molecular weight is 455 g/mol. The lowest BCUT2D eigenvalue weighted by atomic mass is 10.1. The number of aromatic nitrogens is 2. The van der Waals surface area contributed by atoms with Crippen molar-refractivity contribution in [2.75, 3.05) is 25.3 Å². The van der Waals surface area contributed by atoms with Crippen LogP contribution >= 0.6 is 23.1 Å². The number of amides is 1. The summed E-state index contributed by atoms with van der Waals surface area (Å²) in [6.45, 7) is 3.78. The van der Waals surface area contributed by atoms with Gasteiger partial charge in [0.05, 0.1) is 25.5 Å². The van der Waals surface area contributed by atoms with Gasteiger partial charge in [-0.25, -0.2) is 9.97 Å². The molecule has 0 aliphatic rings. The smallest absolute Gasteiger partial charge is 0.226 e. The normalized spacial score (nSPS) is 10.4. The van der Waals surface area contributed by atoms with E-state index >= 15 is 0 Å². The molecule has 0 atom stereocenters. The van der Waals surface area contributed by atoms with Crippen LogP contribution in [-0.4, -0.2) is 35.8 Å². The second-order valence-electron chi connectivity index (χ2n) is 6.63. The fraction of sp³-hybridized carbons (Fsp3) is 0.273. The van der Waals surface area contributed by atoms with Gasteiger partial charge in [-0.3, -0.25) is 4.79 Å². The van der Waals surface area contributed by atoms with Crippen molar-refractivity contribution in [1.82, 2.24) is 9.97 Å². The first-order valence-electron chi connectivity index (χ1n) is 9.44. The number of pyridine rings is 1. The number of nitriles is 1. The summed E-state index contributed by atoms with van der Waals surface area (Å²) in [5.41, 5.74) is 3.93. The molecule has 0 saturated carbocycles. The Morgan fingerprint density at radius 3 is 2.68 bits per heavy atom. The van der Waals surface area contributed by atoms with E-state index in [0.29, 0.717) is 33.0 Å². The maximum absolute atomic E-state index is 12.3. The molecule has 3 rings (SSSR count). The molecule has 0 bridgehead atoms. The number of aryl methyl sites for hydroxylation is 2. The van der Waals surface area contributed by atoms with Gasteiger partial charge in [0.15, 0.2) is 16.6 Å². The Hall–Kier alpha value is -3.09. The predicted molar refractivity (Wildman–Crippen MR) is 123 cm³/mol. The molecule has 0 spiro atoms. The molecule has 160 valence electrons. The van der Waals surface area contributed by atoms with Gasteiger partial charge in [-0.2, -0.15) is 5.26 Å². The van der Waals surface area contributed by atoms with E-state index in [9.17, 15) is 10.1 Å². The number of anilines is 1. The molecule has 0 aliphatic heterocycles. The largest absolute Gasteiger partial charge is 0.493 e. The third kappa shape index (κ3) is 5.54. The SMILES string of the molecule is COc1ccc(-c2csc(NC(=O)CCSc3nc(C)cc(C)c3C#N)n2)cc1OC. The molecule has 9 heteroatoms. The summed E-state index contributed by atoms with van der Waals surface area (Å²) >= 11 is 2.77. The molecule has 1 aromatic carbocycles. The van der Waals surface area contributed by atoms with Crippen molar-refractivity contribution in [3.63, 3.8) is 0 Å². The summed E-state index contributed by atoms with van der Waals surface area (Å²) in [6, 6.07) is 9.63. The Balaban J connectivity index is 1.59. The highest BCUT2D eigenvalue weighted by Crippen LogP contribution is 2.33. The summed E-state index contributed by atoms with van der Waals surface area (Å²) in [7, 11) is 3.17. The summed E-state index contributed by atoms with van der Waals surface area (Å²) in [5, 5.41) is 15.3. The van der Waals surface area contributed by atoms with Gasteiger partial charge in [-0.05, 0) is 43.7 Å². The standard InChI is InChI=1S/C22H22N4O3S2/c1-13-9-14(2)24-21(16(13)11-23)30-8-7-20(27)26-22-25-17(12-31-22)15-5-6-18(28-3)19(10-15)29-4/h5-6,9-10,12H,7-8H2,1-4H3,(H,25,26,27). The maximum atomic E-state index is 12.3. The quantitative estimate of drug-likeness (QED) is 0.487. The molecule has 2 aromatic heterocycles. The second-order valence-corrected chi connectivity index (χ2v) is 8.57. The Bertz CT molecular complexity index is 1140. The van der Waals surface area contributed by atoms with Crippen molar-refractivity contribution in [3.8, 4) is 28.8 Å². The molecule has 1 N–H and O–H groups in total. The van der Waals surface area contributed by atoms with Crippen LogP contribution < -0.4 is 14.8 Å². The van der Waals surface area contributed by atoms with E-state index in [1.165, 1.54) is 23.1 Å². The first-order chi connectivity index (χ1) is 14.9. The van der Waals surface area contributed by atoms with Crippen molar-refractivity contribution < 1.29 is 14.3 Å². The van der Waals surface area contributed by atoms with Crippen molar-refractivity contribution in [2.45, 2.75) is 25.3 Å². The predicted octanol–water partition coefficient (Wildman–Crippen LogP) is 4.83. The second kappa shape index (κ2) is 10.3. The molecule has 0 radical (unpaired) electrons. The number of hydrogen-bond donors (Lipinski definition) is 1. The zero-order valence-corrected chi connectivity index (χ0v) is 19.3. The van der Waals surface area contributed by atoms with Crippen LogP contribution in [0.5, 0.6) is 11.5 Å². The number of ether oxygens (including phenoxy) is 2. The number of nitrogens with one attached hydrogen (secondary N) is 1. The van der Waals surface area contributed by atoms with Crippen LogP contribution in [0.4, 0.5) is 5.13 Å². The lowest BCUT2D eigenvalue weighted by Crippen LogP contribution is -2.12. The maximum Gasteiger partial charge on any atom is 0.226 e. The minimum Gasteiger partial charge on any atom is -0.493 e. The van der Waals surface area contributed by atoms with Crippen LogP contribution in [-0.2, 0) is 4.79 Å². The Labute approximate surface area is 189 Å².